The van der Waals surface area contributed by atoms with E-state index >= 15 is 0 Å². The molecule has 0 amide bonds. The first-order chi connectivity index (χ1) is 9.76. The molecule has 0 saturated heterocycles. The van der Waals surface area contributed by atoms with Gasteiger partial charge in [-0.1, -0.05) is 30.0 Å². The molecule has 0 aliphatic carbocycles. The number of thioether (sulfide) groups is 1. The SMILES string of the molecule is CSc1nc(N)cc(Oc2cccc3cccnc23)n1. The normalized spacial score (nSPS) is 10.7. The van der Waals surface area contributed by atoms with Crippen LogP contribution in [0.5, 0.6) is 11.6 Å². The molecule has 3 aromatic rings. The van der Waals surface area contributed by atoms with Crippen molar-refractivity contribution < 1.29 is 4.74 Å². The van der Waals surface area contributed by atoms with E-state index in [0.717, 1.165) is 10.9 Å². The van der Waals surface area contributed by atoms with E-state index < -0.39 is 0 Å². The van der Waals surface area contributed by atoms with Crippen LogP contribution >= 0.6 is 11.8 Å². The number of para-hydroxylation sites is 1. The summed E-state index contributed by atoms with van der Waals surface area (Å²) in [6.45, 7) is 0. The molecule has 0 atom stereocenters. The number of hydrogen-bond acceptors (Lipinski definition) is 6. The Morgan fingerprint density at radius 1 is 1.15 bits per heavy atom. The first-order valence-corrected chi connectivity index (χ1v) is 7.19. The fraction of sp³-hybridized carbons (Fsp3) is 0.0714. The third-order valence-electron chi connectivity index (χ3n) is 2.69. The minimum atomic E-state index is 0.382. The maximum Gasteiger partial charge on any atom is 0.225 e. The van der Waals surface area contributed by atoms with Crippen molar-refractivity contribution in [1.29, 1.82) is 0 Å². The number of nitrogen functional groups attached to an aromatic ring is 1. The smallest absolute Gasteiger partial charge is 0.225 e. The quantitative estimate of drug-likeness (QED) is 0.588. The Labute approximate surface area is 120 Å². The highest BCUT2D eigenvalue weighted by Gasteiger charge is 2.07. The molecule has 0 aliphatic heterocycles. The van der Waals surface area contributed by atoms with Gasteiger partial charge in [0.15, 0.2) is 10.9 Å². The van der Waals surface area contributed by atoms with Crippen LogP contribution in [0, 0.1) is 0 Å². The summed E-state index contributed by atoms with van der Waals surface area (Å²) in [5.74, 6) is 1.45. The third-order valence-corrected chi connectivity index (χ3v) is 3.24. The zero-order valence-electron chi connectivity index (χ0n) is 10.8. The van der Waals surface area contributed by atoms with Gasteiger partial charge in [0.1, 0.15) is 11.3 Å². The van der Waals surface area contributed by atoms with E-state index in [9.17, 15) is 0 Å². The fourth-order valence-electron chi connectivity index (χ4n) is 1.84. The molecule has 3 rings (SSSR count). The first-order valence-electron chi connectivity index (χ1n) is 5.96. The van der Waals surface area contributed by atoms with E-state index in [-0.39, 0.29) is 0 Å². The lowest BCUT2D eigenvalue weighted by atomic mass is 10.2. The van der Waals surface area contributed by atoms with Crippen molar-refractivity contribution in [1.82, 2.24) is 15.0 Å². The van der Waals surface area contributed by atoms with Gasteiger partial charge in [-0.05, 0) is 18.4 Å². The van der Waals surface area contributed by atoms with Crippen LogP contribution in [0.3, 0.4) is 0 Å². The molecule has 0 radical (unpaired) electrons. The number of anilines is 1. The standard InChI is InChI=1S/C14H12N4OS/c1-20-14-17-11(15)8-12(18-14)19-10-6-2-4-9-5-3-7-16-13(9)10/h2-8H,1H3,(H2,15,17,18). The third kappa shape index (κ3) is 2.50. The number of hydrogen-bond donors (Lipinski definition) is 1. The van der Waals surface area contributed by atoms with Crippen molar-refractivity contribution in [3.8, 4) is 11.6 Å². The summed E-state index contributed by atoms with van der Waals surface area (Å²) in [5, 5.41) is 1.59. The molecule has 2 heterocycles. The van der Waals surface area contributed by atoms with Crippen LogP contribution in [0.1, 0.15) is 0 Å². The summed E-state index contributed by atoms with van der Waals surface area (Å²) in [5.41, 5.74) is 6.53. The highest BCUT2D eigenvalue weighted by atomic mass is 32.2. The van der Waals surface area contributed by atoms with Crippen LogP contribution in [-0.2, 0) is 0 Å². The van der Waals surface area contributed by atoms with Crippen LogP contribution in [-0.4, -0.2) is 21.2 Å². The molecular weight excluding hydrogens is 272 g/mol. The number of rotatable bonds is 3. The predicted octanol–water partition coefficient (Wildman–Crippen LogP) is 3.12. The lowest BCUT2D eigenvalue weighted by Gasteiger charge is -2.08. The average molecular weight is 284 g/mol. The van der Waals surface area contributed by atoms with E-state index in [1.165, 1.54) is 11.8 Å². The molecule has 0 bridgehead atoms. The predicted molar refractivity (Wildman–Crippen MR) is 80.0 cm³/mol. The van der Waals surface area contributed by atoms with Crippen LogP contribution in [0.2, 0.25) is 0 Å². The Morgan fingerprint density at radius 3 is 2.85 bits per heavy atom. The topological polar surface area (TPSA) is 73.9 Å². The fourth-order valence-corrected chi connectivity index (χ4v) is 2.21. The molecule has 0 saturated carbocycles. The molecule has 2 aromatic heterocycles. The largest absolute Gasteiger partial charge is 0.437 e. The van der Waals surface area contributed by atoms with Gasteiger partial charge in [-0.25, -0.2) is 4.98 Å². The highest BCUT2D eigenvalue weighted by molar-refractivity contribution is 7.98. The lowest BCUT2D eigenvalue weighted by Crippen LogP contribution is -1.97. The summed E-state index contributed by atoms with van der Waals surface area (Å²) in [6.07, 6.45) is 3.62. The average Bonchev–Trinajstić information content (AvgIpc) is 2.47. The summed E-state index contributed by atoms with van der Waals surface area (Å²) in [6, 6.07) is 11.2. The van der Waals surface area contributed by atoms with Crippen molar-refractivity contribution in [3.63, 3.8) is 0 Å². The second-order valence-corrected chi connectivity index (χ2v) is 4.82. The van der Waals surface area contributed by atoms with Crippen LogP contribution in [0.15, 0.2) is 47.8 Å². The van der Waals surface area contributed by atoms with Gasteiger partial charge in [0.2, 0.25) is 5.88 Å². The number of ether oxygens (including phenoxy) is 1. The highest BCUT2D eigenvalue weighted by Crippen LogP contribution is 2.28. The van der Waals surface area contributed by atoms with E-state index in [0.29, 0.717) is 22.6 Å². The zero-order valence-corrected chi connectivity index (χ0v) is 11.6. The van der Waals surface area contributed by atoms with Gasteiger partial charge in [-0.2, -0.15) is 4.98 Å². The molecule has 0 aliphatic rings. The second-order valence-electron chi connectivity index (χ2n) is 4.05. The van der Waals surface area contributed by atoms with Crippen molar-refractivity contribution in [3.05, 3.63) is 42.6 Å². The van der Waals surface area contributed by atoms with Crippen LogP contribution in [0.25, 0.3) is 10.9 Å². The molecule has 20 heavy (non-hydrogen) atoms. The Balaban J connectivity index is 2.03. The Kier molecular flexibility index (Phi) is 3.39. The van der Waals surface area contributed by atoms with Gasteiger partial charge in [0.25, 0.3) is 0 Å². The van der Waals surface area contributed by atoms with Crippen LogP contribution in [0.4, 0.5) is 5.82 Å². The van der Waals surface area contributed by atoms with Gasteiger partial charge in [-0.3, -0.25) is 4.98 Å². The van der Waals surface area contributed by atoms with Gasteiger partial charge < -0.3 is 10.5 Å². The molecule has 6 heteroatoms. The number of pyridine rings is 1. The minimum Gasteiger partial charge on any atom is -0.437 e. The zero-order chi connectivity index (χ0) is 13.9. The van der Waals surface area contributed by atoms with Crippen molar-refractivity contribution in [2.24, 2.45) is 0 Å². The Morgan fingerprint density at radius 2 is 2.00 bits per heavy atom. The van der Waals surface area contributed by atoms with Gasteiger partial charge in [0, 0.05) is 17.6 Å². The number of nitrogens with two attached hydrogens (primary N) is 1. The minimum absolute atomic E-state index is 0.382. The van der Waals surface area contributed by atoms with E-state index in [2.05, 4.69) is 15.0 Å². The Bertz CT molecular complexity index is 758. The number of fused-ring (bicyclic) bond motifs is 1. The molecule has 0 fully saturated rings. The van der Waals surface area contributed by atoms with E-state index in [1.54, 1.807) is 12.3 Å². The van der Waals surface area contributed by atoms with E-state index in [4.69, 9.17) is 10.5 Å². The Hall–Kier alpha value is -2.34. The van der Waals surface area contributed by atoms with Crippen molar-refractivity contribution >= 4 is 28.5 Å². The molecule has 1 aromatic carbocycles. The molecule has 5 nitrogen and oxygen atoms in total. The molecule has 0 unspecified atom stereocenters. The summed E-state index contributed by atoms with van der Waals surface area (Å²) in [7, 11) is 0. The van der Waals surface area contributed by atoms with Gasteiger partial charge in [0.05, 0.1) is 0 Å². The van der Waals surface area contributed by atoms with Crippen molar-refractivity contribution in [2.75, 3.05) is 12.0 Å². The number of aromatic nitrogens is 3. The molecule has 100 valence electrons. The maximum absolute atomic E-state index is 5.81. The van der Waals surface area contributed by atoms with E-state index in [1.807, 2.05) is 36.6 Å². The molecule has 2 N–H and O–H groups in total. The molecular formula is C14H12N4OS. The molecule has 0 spiro atoms. The van der Waals surface area contributed by atoms with Gasteiger partial charge in [-0.15, -0.1) is 0 Å². The summed E-state index contributed by atoms with van der Waals surface area (Å²) in [4.78, 5) is 12.7. The van der Waals surface area contributed by atoms with Crippen LogP contribution < -0.4 is 10.5 Å². The van der Waals surface area contributed by atoms with Gasteiger partial charge >= 0.3 is 0 Å². The maximum atomic E-state index is 5.81. The first kappa shape index (κ1) is 12.7. The second kappa shape index (κ2) is 5.34. The van der Waals surface area contributed by atoms with Crippen molar-refractivity contribution in [2.45, 2.75) is 5.16 Å². The summed E-state index contributed by atoms with van der Waals surface area (Å²) < 4.78 is 5.81. The summed E-state index contributed by atoms with van der Waals surface area (Å²) >= 11 is 1.41. The monoisotopic (exact) mass is 284 g/mol. The number of benzene rings is 1. The number of nitrogens with zero attached hydrogens (tertiary/aromatic N) is 3. The lowest BCUT2D eigenvalue weighted by molar-refractivity contribution is 0.460.